The molecule has 152 valence electrons. The Kier molecular flexibility index (Phi) is 4.79. The first-order valence-electron chi connectivity index (χ1n) is 9.07. The fourth-order valence-electron chi connectivity index (χ4n) is 3.62. The highest BCUT2D eigenvalue weighted by Crippen LogP contribution is 2.44. The van der Waals surface area contributed by atoms with Crippen molar-refractivity contribution in [2.75, 3.05) is 0 Å². The molecule has 2 aromatic carbocycles. The van der Waals surface area contributed by atoms with Crippen molar-refractivity contribution < 1.29 is 34.7 Å². The zero-order chi connectivity index (χ0) is 20.9. The Morgan fingerprint density at radius 2 is 1.62 bits per heavy atom. The summed E-state index contributed by atoms with van der Waals surface area (Å²) in [5.74, 6) is -0.841. The Morgan fingerprint density at radius 3 is 2.31 bits per heavy atom. The number of ether oxygens (including phenoxy) is 1. The number of aliphatic hydroxyl groups is 3. The summed E-state index contributed by atoms with van der Waals surface area (Å²) in [6, 6.07) is 11.2. The maximum Gasteiger partial charge on any atom is 0.197 e. The third kappa shape index (κ3) is 3.16. The number of aliphatic hydroxyl groups excluding tert-OH is 3. The summed E-state index contributed by atoms with van der Waals surface area (Å²) in [4.78, 5) is 12.7. The van der Waals surface area contributed by atoms with Crippen LogP contribution in [-0.2, 0) is 4.74 Å². The van der Waals surface area contributed by atoms with Gasteiger partial charge in [0.15, 0.2) is 5.43 Å². The van der Waals surface area contributed by atoms with Crippen molar-refractivity contribution in [3.8, 4) is 22.8 Å². The smallest absolute Gasteiger partial charge is 0.197 e. The number of phenols is 2. The molecule has 0 saturated carbocycles. The minimum absolute atomic E-state index is 0.0472. The number of fused-ring (bicyclic) bond motifs is 1. The fraction of sp³-hybridized carbons (Fsp3) is 0.286. The van der Waals surface area contributed by atoms with Crippen molar-refractivity contribution in [3.63, 3.8) is 0 Å². The maximum atomic E-state index is 12.7. The molecule has 1 aliphatic heterocycles. The van der Waals surface area contributed by atoms with Gasteiger partial charge >= 0.3 is 0 Å². The lowest BCUT2D eigenvalue weighted by Crippen LogP contribution is -2.53. The van der Waals surface area contributed by atoms with Crippen LogP contribution in [0.3, 0.4) is 0 Å². The van der Waals surface area contributed by atoms with E-state index < -0.39 is 47.4 Å². The van der Waals surface area contributed by atoms with Crippen LogP contribution in [0.25, 0.3) is 22.3 Å². The largest absolute Gasteiger partial charge is 0.507 e. The van der Waals surface area contributed by atoms with Gasteiger partial charge in [0.05, 0.1) is 11.7 Å². The average molecular weight is 400 g/mol. The number of benzene rings is 2. The molecular weight excluding hydrogens is 380 g/mol. The number of rotatable bonds is 2. The van der Waals surface area contributed by atoms with E-state index >= 15 is 0 Å². The van der Waals surface area contributed by atoms with Gasteiger partial charge in [0.2, 0.25) is 0 Å². The van der Waals surface area contributed by atoms with Crippen molar-refractivity contribution in [3.05, 3.63) is 58.3 Å². The van der Waals surface area contributed by atoms with E-state index in [4.69, 9.17) is 9.15 Å². The van der Waals surface area contributed by atoms with E-state index in [1.54, 1.807) is 24.3 Å². The molecule has 0 bridgehead atoms. The molecule has 5 N–H and O–H groups in total. The third-order valence-electron chi connectivity index (χ3n) is 5.21. The van der Waals surface area contributed by atoms with Crippen LogP contribution in [0.1, 0.15) is 18.6 Å². The highest BCUT2D eigenvalue weighted by molar-refractivity contribution is 5.88. The van der Waals surface area contributed by atoms with Crippen LogP contribution in [0.15, 0.2) is 51.7 Å². The monoisotopic (exact) mass is 400 g/mol. The quantitative estimate of drug-likeness (QED) is 0.435. The van der Waals surface area contributed by atoms with Crippen LogP contribution < -0.4 is 5.43 Å². The maximum absolute atomic E-state index is 12.7. The minimum Gasteiger partial charge on any atom is -0.507 e. The van der Waals surface area contributed by atoms with Gasteiger partial charge in [-0.25, -0.2) is 0 Å². The molecule has 1 fully saturated rings. The molecular formula is C21H20O8. The molecule has 1 saturated heterocycles. The summed E-state index contributed by atoms with van der Waals surface area (Å²) in [7, 11) is 0. The fourth-order valence-corrected chi connectivity index (χ4v) is 3.62. The molecule has 1 aromatic heterocycles. The molecule has 0 amide bonds. The summed E-state index contributed by atoms with van der Waals surface area (Å²) in [5.41, 5.74) is -0.217. The zero-order valence-corrected chi connectivity index (χ0v) is 15.4. The van der Waals surface area contributed by atoms with E-state index in [9.17, 15) is 30.3 Å². The molecule has 0 aliphatic carbocycles. The highest BCUT2D eigenvalue weighted by atomic mass is 16.5. The van der Waals surface area contributed by atoms with Gasteiger partial charge in [-0.2, -0.15) is 0 Å². The SMILES string of the molecule is C[C@@H]1O[C@@H](c2c(O)cc3oc(-c4ccccc4)cc(=O)c3c2O)[C@@H](O)[C@H](O)[C@@H]1O. The topological polar surface area (TPSA) is 141 Å². The van der Waals surface area contributed by atoms with E-state index in [-0.39, 0.29) is 22.3 Å². The molecule has 29 heavy (non-hydrogen) atoms. The van der Waals surface area contributed by atoms with Crippen LogP contribution in [-0.4, -0.2) is 49.9 Å². The summed E-state index contributed by atoms with van der Waals surface area (Å²) in [6.45, 7) is 1.47. The highest BCUT2D eigenvalue weighted by Gasteiger charge is 2.44. The molecule has 5 atom stereocenters. The number of phenolic OH excluding ortho intramolecular Hbond substituents is 2. The standard InChI is InChI=1S/C21H20O8/c1-9-17(24)19(26)20(27)21(28-9)16-12(23)8-14-15(18(16)25)11(22)7-13(29-14)10-5-3-2-4-6-10/h2-9,17,19-21,23-27H,1H3/t9-,17+,19+,20-,21-/m0/s1. The second-order valence-electron chi connectivity index (χ2n) is 7.11. The Hall–Kier alpha value is -2.91. The van der Waals surface area contributed by atoms with Gasteiger partial charge < -0.3 is 34.7 Å². The molecule has 3 aromatic rings. The predicted octanol–water partition coefficient (Wildman–Crippen LogP) is 1.41. The minimum atomic E-state index is -1.63. The lowest BCUT2D eigenvalue weighted by Gasteiger charge is -2.39. The summed E-state index contributed by atoms with van der Waals surface area (Å²) < 4.78 is 11.2. The van der Waals surface area contributed by atoms with Crippen LogP contribution in [0, 0.1) is 0 Å². The van der Waals surface area contributed by atoms with E-state index in [1.165, 1.54) is 13.0 Å². The summed E-state index contributed by atoms with van der Waals surface area (Å²) in [6.07, 6.45) is -6.78. The van der Waals surface area contributed by atoms with Gasteiger partial charge in [-0.1, -0.05) is 30.3 Å². The Balaban J connectivity index is 1.88. The first kappa shape index (κ1) is 19.4. The zero-order valence-electron chi connectivity index (χ0n) is 15.4. The van der Waals surface area contributed by atoms with Crippen molar-refractivity contribution in [2.45, 2.75) is 37.4 Å². The summed E-state index contributed by atoms with van der Waals surface area (Å²) in [5, 5.41) is 51.2. The van der Waals surface area contributed by atoms with Crippen molar-refractivity contribution in [1.29, 1.82) is 0 Å². The lowest BCUT2D eigenvalue weighted by atomic mass is 9.90. The van der Waals surface area contributed by atoms with Gasteiger partial charge in [0.25, 0.3) is 0 Å². The molecule has 8 heteroatoms. The number of hydrogen-bond donors (Lipinski definition) is 5. The molecule has 0 radical (unpaired) electrons. The third-order valence-corrected chi connectivity index (χ3v) is 5.21. The Labute approximate surface area is 164 Å². The van der Waals surface area contributed by atoms with Crippen LogP contribution in [0.4, 0.5) is 0 Å². The van der Waals surface area contributed by atoms with Crippen molar-refractivity contribution in [1.82, 2.24) is 0 Å². The van der Waals surface area contributed by atoms with Crippen molar-refractivity contribution >= 4 is 11.0 Å². The van der Waals surface area contributed by atoms with E-state index in [0.717, 1.165) is 6.07 Å². The van der Waals surface area contributed by atoms with Gasteiger partial charge in [0, 0.05) is 17.7 Å². The normalized spacial score (nSPS) is 27.2. The van der Waals surface area contributed by atoms with Crippen LogP contribution in [0.2, 0.25) is 0 Å². The summed E-state index contributed by atoms with van der Waals surface area (Å²) >= 11 is 0. The van der Waals surface area contributed by atoms with E-state index in [1.807, 2.05) is 6.07 Å². The van der Waals surface area contributed by atoms with E-state index in [2.05, 4.69) is 0 Å². The van der Waals surface area contributed by atoms with Gasteiger partial charge in [-0.3, -0.25) is 4.79 Å². The van der Waals surface area contributed by atoms with Crippen LogP contribution >= 0.6 is 0 Å². The van der Waals surface area contributed by atoms with Crippen molar-refractivity contribution in [2.24, 2.45) is 0 Å². The molecule has 0 spiro atoms. The second-order valence-corrected chi connectivity index (χ2v) is 7.11. The molecule has 1 aliphatic rings. The van der Waals surface area contributed by atoms with E-state index in [0.29, 0.717) is 5.56 Å². The number of aromatic hydroxyl groups is 2. The number of hydrogen-bond acceptors (Lipinski definition) is 8. The molecule has 2 heterocycles. The molecule has 0 unspecified atom stereocenters. The lowest BCUT2D eigenvalue weighted by molar-refractivity contribution is -0.220. The first-order chi connectivity index (χ1) is 13.8. The Bertz CT molecular complexity index is 1110. The van der Waals surface area contributed by atoms with Gasteiger partial charge in [-0.05, 0) is 6.92 Å². The van der Waals surface area contributed by atoms with Gasteiger partial charge in [0.1, 0.15) is 52.6 Å². The molecule has 4 rings (SSSR count). The second kappa shape index (κ2) is 7.16. The first-order valence-corrected chi connectivity index (χ1v) is 9.07. The molecule has 8 nitrogen and oxygen atoms in total. The predicted molar refractivity (Wildman–Crippen MR) is 103 cm³/mol. The van der Waals surface area contributed by atoms with Gasteiger partial charge in [-0.15, -0.1) is 0 Å². The Morgan fingerprint density at radius 1 is 0.931 bits per heavy atom. The average Bonchev–Trinajstić information content (AvgIpc) is 2.70. The van der Waals surface area contributed by atoms with Crippen LogP contribution in [0.5, 0.6) is 11.5 Å².